The van der Waals surface area contributed by atoms with E-state index in [0.717, 1.165) is 50.5 Å². The van der Waals surface area contributed by atoms with Crippen LogP contribution in [-0.2, 0) is 12.6 Å². The van der Waals surface area contributed by atoms with E-state index in [9.17, 15) is 23.3 Å². The third-order valence-electron chi connectivity index (χ3n) is 5.92. The van der Waals surface area contributed by atoms with Crippen LogP contribution in [0.2, 0.25) is 5.28 Å². The molecule has 2 aromatic heterocycles. The van der Waals surface area contributed by atoms with E-state index in [1.54, 1.807) is 6.20 Å². The maximum absolute atomic E-state index is 13.2. The predicted molar refractivity (Wildman–Crippen MR) is 127 cm³/mol. The standard InChI is InChI=1S/C22H23ClF3N7O2/c1-2-31-5-7-32(8-6-31)17-12-18-19(29-21(23)30-20(18)28-13-17)27-4-3-14-9-15(22(24,25)26)11-16(10-14)33(34)35/h9-13H,2-8H2,1H3,(H,27,28,29,30). The van der Waals surface area contributed by atoms with Gasteiger partial charge in [0.1, 0.15) is 5.82 Å². The van der Waals surface area contributed by atoms with Gasteiger partial charge in [0.15, 0.2) is 5.65 Å². The highest BCUT2D eigenvalue weighted by atomic mass is 35.5. The number of nitro groups is 1. The number of nitrogens with zero attached hydrogens (tertiary/aromatic N) is 6. The Hall–Kier alpha value is -3.25. The number of nitrogens with one attached hydrogen (secondary N) is 1. The maximum atomic E-state index is 13.2. The fraction of sp³-hybridized carbons (Fsp3) is 0.409. The fourth-order valence-electron chi connectivity index (χ4n) is 4.02. The Morgan fingerprint density at radius 3 is 2.54 bits per heavy atom. The lowest BCUT2D eigenvalue weighted by atomic mass is 10.1. The van der Waals surface area contributed by atoms with Crippen molar-refractivity contribution >= 4 is 39.8 Å². The first kappa shape index (κ1) is 24.9. The molecule has 1 N–H and O–H groups in total. The minimum Gasteiger partial charge on any atom is -0.369 e. The molecule has 0 aliphatic carbocycles. The molecule has 0 unspecified atom stereocenters. The molecule has 1 aromatic carbocycles. The first-order chi connectivity index (χ1) is 16.6. The van der Waals surface area contributed by atoms with Crippen LogP contribution in [0.4, 0.5) is 30.4 Å². The molecule has 0 amide bonds. The number of aromatic nitrogens is 3. The van der Waals surface area contributed by atoms with Gasteiger partial charge in [-0.15, -0.1) is 0 Å². The summed E-state index contributed by atoms with van der Waals surface area (Å²) < 4.78 is 39.5. The molecule has 1 aliphatic heterocycles. The maximum Gasteiger partial charge on any atom is 0.416 e. The molecule has 35 heavy (non-hydrogen) atoms. The smallest absolute Gasteiger partial charge is 0.369 e. The normalized spacial score (nSPS) is 14.9. The first-order valence-corrected chi connectivity index (χ1v) is 11.4. The minimum atomic E-state index is -4.69. The Morgan fingerprint density at radius 2 is 1.89 bits per heavy atom. The molecule has 9 nitrogen and oxygen atoms in total. The second-order valence-corrected chi connectivity index (χ2v) is 8.49. The predicted octanol–water partition coefficient (Wildman–Crippen LogP) is 4.40. The molecule has 3 aromatic rings. The Balaban J connectivity index is 1.54. The monoisotopic (exact) mass is 509 g/mol. The lowest BCUT2D eigenvalue weighted by molar-refractivity contribution is -0.385. The Labute approximate surface area is 204 Å². The lowest BCUT2D eigenvalue weighted by Gasteiger charge is -2.35. The van der Waals surface area contributed by atoms with Gasteiger partial charge in [0.25, 0.3) is 5.69 Å². The average Bonchev–Trinajstić information content (AvgIpc) is 2.83. The van der Waals surface area contributed by atoms with Crippen LogP contribution in [0.1, 0.15) is 18.1 Å². The third-order valence-corrected chi connectivity index (χ3v) is 6.09. The first-order valence-electron chi connectivity index (χ1n) is 11.0. The van der Waals surface area contributed by atoms with E-state index in [1.807, 2.05) is 6.07 Å². The van der Waals surface area contributed by atoms with Crippen molar-refractivity contribution in [3.63, 3.8) is 0 Å². The van der Waals surface area contributed by atoms with Crippen molar-refractivity contribution in [3.05, 3.63) is 57.0 Å². The zero-order valence-corrected chi connectivity index (χ0v) is 19.6. The summed E-state index contributed by atoms with van der Waals surface area (Å²) in [6, 6.07) is 4.49. The number of halogens is 4. The molecule has 0 radical (unpaired) electrons. The number of fused-ring (bicyclic) bond motifs is 1. The van der Waals surface area contributed by atoms with E-state index in [0.29, 0.717) is 22.9 Å². The number of anilines is 2. The van der Waals surface area contributed by atoms with Crippen molar-refractivity contribution in [2.75, 3.05) is 49.5 Å². The van der Waals surface area contributed by atoms with Crippen molar-refractivity contribution in [2.45, 2.75) is 19.5 Å². The molecule has 186 valence electrons. The van der Waals surface area contributed by atoms with Crippen molar-refractivity contribution in [3.8, 4) is 0 Å². The van der Waals surface area contributed by atoms with Gasteiger partial charge in [-0.25, -0.2) is 9.97 Å². The molecule has 1 fully saturated rings. The number of non-ortho nitro benzene ring substituents is 1. The molecule has 13 heteroatoms. The number of piperazine rings is 1. The Kier molecular flexibility index (Phi) is 7.22. The van der Waals surface area contributed by atoms with Gasteiger partial charge in [0.2, 0.25) is 5.28 Å². The summed E-state index contributed by atoms with van der Waals surface area (Å²) in [4.78, 5) is 27.6. The van der Waals surface area contributed by atoms with Crippen LogP contribution in [-0.4, -0.2) is 64.0 Å². The van der Waals surface area contributed by atoms with Crippen molar-refractivity contribution < 1.29 is 18.1 Å². The van der Waals surface area contributed by atoms with E-state index in [4.69, 9.17) is 11.6 Å². The second-order valence-electron chi connectivity index (χ2n) is 8.15. The number of alkyl halides is 3. The van der Waals surface area contributed by atoms with Gasteiger partial charge in [0.05, 0.1) is 27.8 Å². The molecule has 1 aliphatic rings. The number of benzene rings is 1. The zero-order chi connectivity index (χ0) is 25.2. The quantitative estimate of drug-likeness (QED) is 0.284. The SMILES string of the molecule is CCN1CCN(c2cnc3nc(Cl)nc(NCCc4cc([N+](=O)[O-])cc(C(F)(F)F)c4)c3c2)CC1. The van der Waals surface area contributed by atoms with Gasteiger partial charge >= 0.3 is 6.18 Å². The van der Waals surface area contributed by atoms with Gasteiger partial charge < -0.3 is 15.1 Å². The molecule has 0 saturated carbocycles. The van der Waals surface area contributed by atoms with Crippen LogP contribution in [0, 0.1) is 10.1 Å². The highest BCUT2D eigenvalue weighted by molar-refractivity contribution is 6.28. The summed E-state index contributed by atoms with van der Waals surface area (Å²) in [7, 11) is 0. The molecular formula is C22H23ClF3N7O2. The topological polar surface area (TPSA) is 100 Å². The molecule has 4 rings (SSSR count). The molecule has 0 spiro atoms. The van der Waals surface area contributed by atoms with Crippen LogP contribution < -0.4 is 10.2 Å². The summed E-state index contributed by atoms with van der Waals surface area (Å²) in [6.45, 7) is 6.89. The molecule has 1 saturated heterocycles. The number of rotatable bonds is 7. The number of pyridine rings is 1. The molecule has 3 heterocycles. The second kappa shape index (κ2) is 10.2. The summed E-state index contributed by atoms with van der Waals surface area (Å²) >= 11 is 6.05. The number of hydrogen-bond acceptors (Lipinski definition) is 8. The van der Waals surface area contributed by atoms with Crippen LogP contribution >= 0.6 is 11.6 Å². The molecule has 0 atom stereocenters. The van der Waals surface area contributed by atoms with E-state index < -0.39 is 22.4 Å². The highest BCUT2D eigenvalue weighted by Crippen LogP contribution is 2.33. The minimum absolute atomic E-state index is 0.0217. The van der Waals surface area contributed by atoms with Crippen LogP contribution in [0.15, 0.2) is 30.5 Å². The number of nitro benzene ring substituents is 1. The van der Waals surface area contributed by atoms with Crippen molar-refractivity contribution in [2.24, 2.45) is 0 Å². The van der Waals surface area contributed by atoms with Gasteiger partial charge in [-0.1, -0.05) is 6.92 Å². The van der Waals surface area contributed by atoms with Crippen LogP contribution in [0.3, 0.4) is 0 Å². The van der Waals surface area contributed by atoms with Crippen molar-refractivity contribution in [1.82, 2.24) is 19.9 Å². The third kappa shape index (κ3) is 5.88. The summed E-state index contributed by atoms with van der Waals surface area (Å²) in [5.74, 6) is 0.392. The highest BCUT2D eigenvalue weighted by Gasteiger charge is 2.32. The Bertz CT molecular complexity index is 1230. The number of hydrogen-bond donors (Lipinski definition) is 1. The summed E-state index contributed by atoms with van der Waals surface area (Å²) in [5, 5.41) is 14.8. The van der Waals surface area contributed by atoms with Gasteiger partial charge in [-0.05, 0) is 42.3 Å². The van der Waals surface area contributed by atoms with Gasteiger partial charge in [-0.2, -0.15) is 18.2 Å². The van der Waals surface area contributed by atoms with Crippen LogP contribution in [0.25, 0.3) is 11.0 Å². The Morgan fingerprint density at radius 1 is 1.14 bits per heavy atom. The van der Waals surface area contributed by atoms with Gasteiger partial charge in [0, 0.05) is 44.9 Å². The number of likely N-dealkylation sites (N-methyl/N-ethyl adjacent to an activating group) is 1. The summed E-state index contributed by atoms with van der Waals surface area (Å²) in [5.41, 5.74) is -0.193. The lowest BCUT2D eigenvalue weighted by Crippen LogP contribution is -2.46. The van der Waals surface area contributed by atoms with Crippen LogP contribution in [0.5, 0.6) is 0 Å². The van der Waals surface area contributed by atoms with E-state index in [1.165, 1.54) is 0 Å². The largest absolute Gasteiger partial charge is 0.416 e. The van der Waals surface area contributed by atoms with E-state index in [-0.39, 0.29) is 23.8 Å². The van der Waals surface area contributed by atoms with E-state index >= 15 is 0 Å². The molecule has 0 bridgehead atoms. The fourth-order valence-corrected chi connectivity index (χ4v) is 4.18. The molecular weight excluding hydrogens is 487 g/mol. The van der Waals surface area contributed by atoms with E-state index in [2.05, 4.69) is 37.0 Å². The van der Waals surface area contributed by atoms with Gasteiger partial charge in [-0.3, -0.25) is 10.1 Å². The van der Waals surface area contributed by atoms with Crippen molar-refractivity contribution in [1.29, 1.82) is 0 Å². The summed E-state index contributed by atoms with van der Waals surface area (Å²) in [6.07, 6.45) is -2.85. The average molecular weight is 510 g/mol. The zero-order valence-electron chi connectivity index (χ0n) is 18.8.